The highest BCUT2D eigenvalue weighted by Gasteiger charge is 2.22. The molecule has 11 heteroatoms. The van der Waals surface area contributed by atoms with Crippen LogP contribution >= 0.6 is 15.9 Å². The number of nitrogens with one attached hydrogen (secondary N) is 1. The number of aromatic nitrogens is 2. The van der Waals surface area contributed by atoms with Crippen LogP contribution in [-0.4, -0.2) is 35.9 Å². The Morgan fingerprint density at radius 2 is 1.72 bits per heavy atom. The highest BCUT2D eigenvalue weighted by molar-refractivity contribution is 9.10. The molecule has 0 fully saturated rings. The maximum Gasteiger partial charge on any atom is 0.322 e. The van der Waals surface area contributed by atoms with Gasteiger partial charge in [-0.2, -0.15) is 4.31 Å². The predicted octanol–water partition coefficient (Wildman–Crippen LogP) is 4.17. The van der Waals surface area contributed by atoms with E-state index in [0.29, 0.717) is 10.4 Å². The largest absolute Gasteiger partial charge is 0.444 e. The fourth-order valence-electron chi connectivity index (χ4n) is 2.86. The zero-order valence-electron chi connectivity index (χ0n) is 16.7. The Morgan fingerprint density at radius 3 is 2.38 bits per heavy atom. The van der Waals surface area contributed by atoms with E-state index in [-0.39, 0.29) is 28.9 Å². The molecular weight excluding hydrogens is 500 g/mol. The van der Waals surface area contributed by atoms with Crippen molar-refractivity contribution in [2.75, 3.05) is 12.4 Å². The molecule has 4 rings (SSSR count). The summed E-state index contributed by atoms with van der Waals surface area (Å²) in [4.78, 5) is 12.5. The fraction of sp³-hybridized carbons (Fsp3) is 0.0952. The minimum absolute atomic E-state index is 0.0796. The van der Waals surface area contributed by atoms with Gasteiger partial charge in [-0.25, -0.2) is 8.42 Å². The Kier molecular flexibility index (Phi) is 6.21. The number of rotatable bonds is 7. The molecule has 0 radical (unpaired) electrons. The van der Waals surface area contributed by atoms with E-state index in [1.54, 1.807) is 12.1 Å². The molecule has 2 heterocycles. The molecule has 164 valence electrons. The van der Waals surface area contributed by atoms with Crippen LogP contribution in [0.1, 0.15) is 15.9 Å². The maximum atomic E-state index is 12.8. The van der Waals surface area contributed by atoms with Gasteiger partial charge in [0.2, 0.25) is 10.0 Å². The molecule has 4 aromatic rings. The van der Waals surface area contributed by atoms with Crippen molar-refractivity contribution in [3.63, 3.8) is 0 Å². The number of furan rings is 1. The summed E-state index contributed by atoms with van der Waals surface area (Å²) >= 11 is 3.18. The number of carbonyl (C=O) groups excluding carboxylic acids is 1. The van der Waals surface area contributed by atoms with Crippen molar-refractivity contribution in [2.24, 2.45) is 0 Å². The van der Waals surface area contributed by atoms with E-state index < -0.39 is 15.9 Å². The lowest BCUT2D eigenvalue weighted by molar-refractivity contribution is 0.102. The third kappa shape index (κ3) is 4.79. The third-order valence-electron chi connectivity index (χ3n) is 4.50. The summed E-state index contributed by atoms with van der Waals surface area (Å²) in [6.45, 7) is 0.233. The van der Waals surface area contributed by atoms with Crippen molar-refractivity contribution in [3.05, 3.63) is 82.5 Å². The second-order valence-electron chi connectivity index (χ2n) is 6.74. The van der Waals surface area contributed by atoms with Crippen molar-refractivity contribution in [1.82, 2.24) is 14.5 Å². The van der Waals surface area contributed by atoms with E-state index in [1.165, 1.54) is 35.6 Å². The van der Waals surface area contributed by atoms with Gasteiger partial charge in [0.15, 0.2) is 10.4 Å². The van der Waals surface area contributed by atoms with Crippen LogP contribution < -0.4 is 5.32 Å². The van der Waals surface area contributed by atoms with Gasteiger partial charge < -0.3 is 8.83 Å². The van der Waals surface area contributed by atoms with Crippen LogP contribution in [0.2, 0.25) is 0 Å². The number of hydrogen-bond donors (Lipinski definition) is 1. The molecule has 0 saturated carbocycles. The topological polar surface area (TPSA) is 119 Å². The van der Waals surface area contributed by atoms with Crippen molar-refractivity contribution in [1.29, 1.82) is 0 Å². The SMILES string of the molecule is CN(Cc1ccccc1)S(=O)(=O)c1ccc(C(=O)Nc2nnc(-c3ccc(Br)o3)o2)cc1. The van der Waals surface area contributed by atoms with E-state index in [2.05, 4.69) is 31.4 Å². The molecule has 9 nitrogen and oxygen atoms in total. The molecule has 1 N–H and O–H groups in total. The van der Waals surface area contributed by atoms with Crippen molar-refractivity contribution in [2.45, 2.75) is 11.4 Å². The van der Waals surface area contributed by atoms with E-state index in [0.717, 1.165) is 5.56 Å². The molecule has 0 unspecified atom stereocenters. The Hall–Kier alpha value is -3.28. The summed E-state index contributed by atoms with van der Waals surface area (Å²) in [5.74, 6) is -0.0737. The normalized spacial score (nSPS) is 11.6. The first-order chi connectivity index (χ1) is 15.3. The monoisotopic (exact) mass is 516 g/mol. The Bertz CT molecular complexity index is 1330. The minimum Gasteiger partial charge on any atom is -0.444 e. The van der Waals surface area contributed by atoms with Gasteiger partial charge in [-0.3, -0.25) is 10.1 Å². The van der Waals surface area contributed by atoms with Gasteiger partial charge in [-0.05, 0) is 57.9 Å². The van der Waals surface area contributed by atoms with Gasteiger partial charge in [0.05, 0.1) is 4.90 Å². The summed E-state index contributed by atoms with van der Waals surface area (Å²) < 4.78 is 38.1. The Labute approximate surface area is 192 Å². The molecule has 32 heavy (non-hydrogen) atoms. The first-order valence-electron chi connectivity index (χ1n) is 9.34. The quantitative estimate of drug-likeness (QED) is 0.391. The molecule has 1 amide bonds. The molecule has 0 aliphatic heterocycles. The Morgan fingerprint density at radius 1 is 1.00 bits per heavy atom. The van der Waals surface area contributed by atoms with Crippen molar-refractivity contribution in [3.8, 4) is 11.7 Å². The number of anilines is 1. The van der Waals surface area contributed by atoms with E-state index in [9.17, 15) is 13.2 Å². The van der Waals surface area contributed by atoms with Gasteiger partial charge in [-0.1, -0.05) is 35.4 Å². The standard InChI is InChI=1S/C21H17BrN4O5S/c1-26(13-14-5-3-2-4-6-14)32(28,29)16-9-7-15(8-10-16)19(27)23-21-25-24-20(31-21)17-11-12-18(22)30-17/h2-12H,13H2,1H3,(H,23,25,27). The van der Waals surface area contributed by atoms with Gasteiger partial charge in [-0.15, -0.1) is 5.10 Å². The lowest BCUT2D eigenvalue weighted by Crippen LogP contribution is -2.26. The number of nitrogens with zero attached hydrogens (tertiary/aromatic N) is 3. The van der Waals surface area contributed by atoms with Crippen molar-refractivity contribution < 1.29 is 22.0 Å². The third-order valence-corrected chi connectivity index (χ3v) is 6.75. The van der Waals surface area contributed by atoms with E-state index in [1.807, 2.05) is 30.3 Å². The summed E-state index contributed by atoms with van der Waals surface area (Å²) in [5.41, 5.74) is 1.10. The zero-order chi connectivity index (χ0) is 22.7. The fourth-order valence-corrected chi connectivity index (χ4v) is 4.32. The number of sulfonamides is 1. The molecule has 0 atom stereocenters. The summed E-state index contributed by atoms with van der Waals surface area (Å²) in [5, 5.41) is 10.1. The molecule has 2 aromatic carbocycles. The molecule has 2 aromatic heterocycles. The van der Waals surface area contributed by atoms with Crippen molar-refractivity contribution >= 4 is 37.9 Å². The average Bonchev–Trinajstić information content (AvgIpc) is 3.43. The van der Waals surface area contributed by atoms with Crippen LogP contribution in [0.15, 0.2) is 85.1 Å². The van der Waals surface area contributed by atoms with Crippen LogP contribution in [0.4, 0.5) is 6.01 Å². The summed E-state index contributed by atoms with van der Waals surface area (Å²) in [6.07, 6.45) is 0. The van der Waals surface area contributed by atoms with Crippen LogP contribution in [-0.2, 0) is 16.6 Å². The number of benzene rings is 2. The second-order valence-corrected chi connectivity index (χ2v) is 9.57. The highest BCUT2D eigenvalue weighted by Crippen LogP contribution is 2.25. The number of carbonyl (C=O) groups is 1. The van der Waals surface area contributed by atoms with Gasteiger partial charge >= 0.3 is 6.01 Å². The number of amides is 1. The van der Waals surface area contributed by atoms with Crippen LogP contribution in [0, 0.1) is 0 Å². The van der Waals surface area contributed by atoms with E-state index in [4.69, 9.17) is 8.83 Å². The smallest absolute Gasteiger partial charge is 0.322 e. The molecular formula is C21H17BrN4O5S. The first kappa shape index (κ1) is 21.9. The lowest BCUT2D eigenvalue weighted by Gasteiger charge is -2.17. The van der Waals surface area contributed by atoms with Crippen LogP contribution in [0.3, 0.4) is 0 Å². The van der Waals surface area contributed by atoms with Gasteiger partial charge in [0, 0.05) is 19.2 Å². The van der Waals surface area contributed by atoms with E-state index >= 15 is 0 Å². The summed E-state index contributed by atoms with van der Waals surface area (Å²) in [7, 11) is -2.21. The Balaban J connectivity index is 1.43. The average molecular weight is 517 g/mol. The summed E-state index contributed by atoms with van der Waals surface area (Å²) in [6, 6.07) is 18.1. The molecule has 0 spiro atoms. The highest BCUT2D eigenvalue weighted by atomic mass is 79.9. The second kappa shape index (κ2) is 9.07. The van der Waals surface area contributed by atoms with Gasteiger partial charge in [0.1, 0.15) is 0 Å². The lowest BCUT2D eigenvalue weighted by atomic mass is 10.2. The van der Waals surface area contributed by atoms with Crippen LogP contribution in [0.5, 0.6) is 0 Å². The molecule has 0 aliphatic rings. The molecule has 0 bridgehead atoms. The predicted molar refractivity (Wildman–Crippen MR) is 119 cm³/mol. The van der Waals surface area contributed by atoms with Gasteiger partial charge in [0.25, 0.3) is 11.8 Å². The minimum atomic E-state index is -3.72. The van der Waals surface area contributed by atoms with Crippen LogP contribution in [0.25, 0.3) is 11.7 Å². The zero-order valence-corrected chi connectivity index (χ0v) is 19.1. The number of hydrogen-bond acceptors (Lipinski definition) is 7. The molecule has 0 aliphatic carbocycles. The maximum absolute atomic E-state index is 12.8. The first-order valence-corrected chi connectivity index (χ1v) is 11.6. The number of halogens is 1. The molecule has 0 saturated heterocycles.